The van der Waals surface area contributed by atoms with E-state index in [1.54, 1.807) is 6.07 Å². The molecule has 0 aliphatic heterocycles. The van der Waals surface area contributed by atoms with Gasteiger partial charge in [-0.2, -0.15) is 0 Å². The van der Waals surface area contributed by atoms with Crippen molar-refractivity contribution in [1.29, 1.82) is 0 Å². The van der Waals surface area contributed by atoms with Crippen molar-refractivity contribution < 1.29 is 9.53 Å². The molecule has 0 radical (unpaired) electrons. The lowest BCUT2D eigenvalue weighted by Gasteiger charge is -2.14. The second-order valence-electron chi connectivity index (χ2n) is 6.03. The molecular weight excluding hydrogens is 404 g/mol. The molecule has 4 nitrogen and oxygen atoms in total. The molecule has 1 aliphatic rings. The number of nitrogens with one attached hydrogen (secondary N) is 2. The van der Waals surface area contributed by atoms with Crippen LogP contribution in [0.4, 0.5) is 5.69 Å². The number of hydrogen-bond donors (Lipinski definition) is 2. The molecule has 0 heterocycles. The summed E-state index contributed by atoms with van der Waals surface area (Å²) < 4.78 is 6.70. The van der Waals surface area contributed by atoms with E-state index in [9.17, 15) is 4.79 Å². The maximum absolute atomic E-state index is 12.4. The van der Waals surface area contributed by atoms with Crippen molar-refractivity contribution in [3.05, 3.63) is 57.5 Å². The molecule has 25 heavy (non-hydrogen) atoms. The fourth-order valence-corrected chi connectivity index (χ4v) is 3.01. The van der Waals surface area contributed by atoms with Gasteiger partial charge in [0, 0.05) is 22.1 Å². The summed E-state index contributed by atoms with van der Waals surface area (Å²) in [5, 5.41) is 6.91. The summed E-state index contributed by atoms with van der Waals surface area (Å²) in [7, 11) is 0. The molecule has 3 rings (SSSR count). The lowest BCUT2D eigenvalue weighted by molar-refractivity contribution is -0.115. The Kier molecular flexibility index (Phi) is 6.34. The Morgan fingerprint density at radius 3 is 2.80 bits per heavy atom. The number of hydrogen-bond acceptors (Lipinski definition) is 3. The molecule has 6 heteroatoms. The monoisotopic (exact) mass is 422 g/mol. The Balaban J connectivity index is 1.60. The second-order valence-corrected chi connectivity index (χ2v) is 7.36. The lowest BCUT2D eigenvalue weighted by atomic mass is 10.1. The summed E-state index contributed by atoms with van der Waals surface area (Å²) in [6.45, 7) is 1.36. The topological polar surface area (TPSA) is 50.4 Å². The number of amides is 1. The van der Waals surface area contributed by atoms with Crippen LogP contribution in [0.2, 0.25) is 5.02 Å². The third-order valence-corrected chi connectivity index (χ3v) is 4.76. The van der Waals surface area contributed by atoms with E-state index in [2.05, 4.69) is 26.6 Å². The van der Waals surface area contributed by atoms with Crippen molar-refractivity contribution >= 4 is 39.1 Å². The van der Waals surface area contributed by atoms with E-state index < -0.39 is 0 Å². The van der Waals surface area contributed by atoms with Crippen molar-refractivity contribution in [2.75, 3.05) is 18.5 Å². The van der Waals surface area contributed by atoms with Gasteiger partial charge in [-0.1, -0.05) is 45.7 Å². The largest absolute Gasteiger partial charge is 0.490 e. The highest BCUT2D eigenvalue weighted by atomic mass is 79.9. The van der Waals surface area contributed by atoms with Gasteiger partial charge in [0.25, 0.3) is 0 Å². The molecule has 1 amide bonds. The average Bonchev–Trinajstić information content (AvgIpc) is 3.40. The lowest BCUT2D eigenvalue weighted by Crippen LogP contribution is -2.23. The zero-order valence-corrected chi connectivity index (χ0v) is 16.1. The molecule has 2 aromatic carbocycles. The molecule has 0 unspecified atom stereocenters. The smallest absolute Gasteiger partial charge is 0.228 e. The predicted octanol–water partition coefficient (Wildman–Crippen LogP) is 4.41. The summed E-state index contributed by atoms with van der Waals surface area (Å²) >= 11 is 9.56. The van der Waals surface area contributed by atoms with Crippen LogP contribution in [-0.2, 0) is 11.2 Å². The SMILES string of the molecule is O=C(Cc1ccccc1Cl)Nc1cc(Br)ccc1OCCNC1CC1. The molecule has 1 aliphatic carbocycles. The predicted molar refractivity (Wildman–Crippen MR) is 104 cm³/mol. The molecule has 1 saturated carbocycles. The minimum atomic E-state index is -0.132. The quantitative estimate of drug-likeness (QED) is 0.618. The number of rotatable bonds is 8. The first-order chi connectivity index (χ1) is 12.1. The van der Waals surface area contributed by atoms with Crippen LogP contribution in [-0.4, -0.2) is 25.1 Å². The van der Waals surface area contributed by atoms with E-state index in [1.165, 1.54) is 12.8 Å². The summed E-state index contributed by atoms with van der Waals surface area (Å²) in [4.78, 5) is 12.4. The minimum Gasteiger partial charge on any atom is -0.490 e. The van der Waals surface area contributed by atoms with Crippen molar-refractivity contribution in [3.8, 4) is 5.75 Å². The van der Waals surface area contributed by atoms with E-state index >= 15 is 0 Å². The number of ether oxygens (including phenoxy) is 1. The Labute approximate surface area is 161 Å². The molecule has 132 valence electrons. The zero-order valence-electron chi connectivity index (χ0n) is 13.7. The normalized spacial score (nSPS) is 13.5. The molecule has 0 atom stereocenters. The number of carbonyl (C=O) groups is 1. The van der Waals surface area contributed by atoms with Crippen molar-refractivity contribution in [2.24, 2.45) is 0 Å². The van der Waals surface area contributed by atoms with Crippen LogP contribution in [0.25, 0.3) is 0 Å². The Morgan fingerprint density at radius 1 is 1.24 bits per heavy atom. The van der Waals surface area contributed by atoms with Gasteiger partial charge in [-0.3, -0.25) is 4.79 Å². The summed E-state index contributed by atoms with van der Waals surface area (Å²) in [5.74, 6) is 0.528. The number of carbonyl (C=O) groups excluding carboxylic acids is 1. The van der Waals surface area contributed by atoms with Gasteiger partial charge < -0.3 is 15.4 Å². The third-order valence-electron chi connectivity index (χ3n) is 3.89. The molecule has 1 fully saturated rings. The fraction of sp³-hybridized carbons (Fsp3) is 0.316. The summed E-state index contributed by atoms with van der Waals surface area (Å²) in [6, 6.07) is 13.6. The van der Waals surface area contributed by atoms with Crippen LogP contribution in [0.15, 0.2) is 46.9 Å². The zero-order chi connectivity index (χ0) is 17.6. The molecular formula is C19H20BrClN2O2. The van der Waals surface area contributed by atoms with Gasteiger partial charge in [0.2, 0.25) is 5.91 Å². The first-order valence-electron chi connectivity index (χ1n) is 8.31. The first-order valence-corrected chi connectivity index (χ1v) is 9.48. The van der Waals surface area contributed by atoms with Crippen LogP contribution in [0.5, 0.6) is 5.75 Å². The number of benzene rings is 2. The third kappa shape index (κ3) is 5.73. The first kappa shape index (κ1) is 18.2. The maximum atomic E-state index is 12.4. The van der Waals surface area contributed by atoms with Crippen molar-refractivity contribution in [2.45, 2.75) is 25.3 Å². The van der Waals surface area contributed by atoms with Gasteiger partial charge in [-0.05, 0) is 42.7 Å². The molecule has 0 bridgehead atoms. The van der Waals surface area contributed by atoms with Crippen LogP contribution in [0.1, 0.15) is 18.4 Å². The van der Waals surface area contributed by atoms with Crippen LogP contribution < -0.4 is 15.4 Å². The van der Waals surface area contributed by atoms with Crippen LogP contribution in [0, 0.1) is 0 Å². The highest BCUT2D eigenvalue weighted by Crippen LogP contribution is 2.29. The Morgan fingerprint density at radius 2 is 2.04 bits per heavy atom. The van der Waals surface area contributed by atoms with E-state index in [1.807, 2.05) is 36.4 Å². The van der Waals surface area contributed by atoms with Crippen molar-refractivity contribution in [1.82, 2.24) is 5.32 Å². The minimum absolute atomic E-state index is 0.132. The van der Waals surface area contributed by atoms with Crippen molar-refractivity contribution in [3.63, 3.8) is 0 Å². The van der Waals surface area contributed by atoms with Crippen LogP contribution >= 0.6 is 27.5 Å². The van der Waals surface area contributed by atoms with Crippen LogP contribution in [0.3, 0.4) is 0 Å². The van der Waals surface area contributed by atoms with Gasteiger partial charge in [0.05, 0.1) is 12.1 Å². The average molecular weight is 424 g/mol. The summed E-state index contributed by atoms with van der Waals surface area (Å²) in [6.07, 6.45) is 2.72. The molecule has 2 N–H and O–H groups in total. The summed E-state index contributed by atoms with van der Waals surface area (Å²) in [5.41, 5.74) is 1.45. The van der Waals surface area contributed by atoms with Gasteiger partial charge in [-0.25, -0.2) is 0 Å². The molecule has 0 aromatic heterocycles. The second kappa shape index (κ2) is 8.70. The maximum Gasteiger partial charge on any atom is 0.228 e. The van der Waals surface area contributed by atoms with E-state index in [0.717, 1.165) is 16.6 Å². The van der Waals surface area contributed by atoms with Gasteiger partial charge in [0.1, 0.15) is 12.4 Å². The highest BCUT2D eigenvalue weighted by molar-refractivity contribution is 9.10. The molecule has 0 saturated heterocycles. The van der Waals surface area contributed by atoms with Gasteiger partial charge >= 0.3 is 0 Å². The number of halogens is 2. The molecule has 2 aromatic rings. The molecule has 0 spiro atoms. The standard InChI is InChI=1S/C19H20BrClN2O2/c20-14-5-8-18(25-10-9-22-15-6-7-15)17(12-14)23-19(24)11-13-3-1-2-4-16(13)21/h1-5,8,12,15,22H,6-7,9-11H2,(H,23,24). The van der Waals surface area contributed by atoms with Gasteiger partial charge in [0.15, 0.2) is 0 Å². The Bertz CT molecular complexity index is 750. The van der Waals surface area contributed by atoms with Gasteiger partial charge in [-0.15, -0.1) is 0 Å². The highest BCUT2D eigenvalue weighted by Gasteiger charge is 2.19. The van der Waals surface area contributed by atoms with E-state index in [4.69, 9.17) is 16.3 Å². The fourth-order valence-electron chi connectivity index (χ4n) is 2.45. The Hall–Kier alpha value is -1.56. The number of anilines is 1. The van der Waals surface area contributed by atoms with E-state index in [-0.39, 0.29) is 12.3 Å². The van der Waals surface area contributed by atoms with E-state index in [0.29, 0.717) is 29.1 Å².